The molecule has 0 radical (unpaired) electrons. The smallest absolute Gasteiger partial charge is 0.360 e. The number of carbonyl (C=O) groups excluding carboxylic acids is 1. The van der Waals surface area contributed by atoms with Gasteiger partial charge in [0.2, 0.25) is 0 Å². The van der Waals surface area contributed by atoms with Gasteiger partial charge in [0.25, 0.3) is 0 Å². The first-order valence-corrected chi connectivity index (χ1v) is 6.70. The molecule has 6 nitrogen and oxygen atoms in total. The van der Waals surface area contributed by atoms with Crippen molar-refractivity contribution in [1.29, 1.82) is 0 Å². The number of nitrogens with zero attached hydrogens (tertiary/aromatic N) is 2. The Hall–Kier alpha value is -2.41. The average Bonchev–Trinajstić information content (AvgIpc) is 2.96. The lowest BCUT2D eigenvalue weighted by atomic mass is 10.2. The molecular formula is C14H15N3O3S. The molecule has 1 aromatic heterocycles. The van der Waals surface area contributed by atoms with Crippen LogP contribution in [0.4, 0.5) is 11.7 Å². The molecular weight excluding hydrogens is 290 g/mol. The molecule has 0 spiro atoms. The van der Waals surface area contributed by atoms with E-state index in [0.29, 0.717) is 4.99 Å². The second kappa shape index (κ2) is 6.36. The Kier molecular flexibility index (Phi) is 4.54. The largest absolute Gasteiger partial charge is 0.461 e. The van der Waals surface area contributed by atoms with Crippen LogP contribution in [-0.2, 0) is 4.74 Å². The van der Waals surface area contributed by atoms with Crippen LogP contribution in [0.1, 0.15) is 23.0 Å². The third kappa shape index (κ3) is 3.38. The summed E-state index contributed by atoms with van der Waals surface area (Å²) >= 11 is 4.95. The van der Waals surface area contributed by atoms with Gasteiger partial charge in [0.05, 0.1) is 6.61 Å². The summed E-state index contributed by atoms with van der Waals surface area (Å²) in [5.74, 6) is -0.516. The van der Waals surface area contributed by atoms with Gasteiger partial charge in [-0.25, -0.2) is 4.79 Å². The normalized spacial score (nSPS) is 10.2. The molecule has 0 atom stereocenters. The Morgan fingerprint density at radius 2 is 2.29 bits per heavy atom. The Balaban J connectivity index is 2.24. The SMILES string of the molecule is CCOC(=O)c1coc(N(C)c2cccc(C(N)=S)c2)n1. The van der Waals surface area contributed by atoms with E-state index in [-0.39, 0.29) is 18.3 Å². The van der Waals surface area contributed by atoms with Crippen LogP contribution >= 0.6 is 12.2 Å². The highest BCUT2D eigenvalue weighted by molar-refractivity contribution is 7.80. The summed E-state index contributed by atoms with van der Waals surface area (Å²) in [5.41, 5.74) is 7.27. The maximum absolute atomic E-state index is 11.6. The number of hydrogen-bond acceptors (Lipinski definition) is 6. The quantitative estimate of drug-likeness (QED) is 0.670. The van der Waals surface area contributed by atoms with Crippen molar-refractivity contribution in [3.8, 4) is 0 Å². The summed E-state index contributed by atoms with van der Waals surface area (Å²) in [4.78, 5) is 17.7. The van der Waals surface area contributed by atoms with Gasteiger partial charge in [-0.2, -0.15) is 4.98 Å². The summed E-state index contributed by atoms with van der Waals surface area (Å²) in [5, 5.41) is 0. The standard InChI is InChI=1S/C14H15N3O3S/c1-3-19-13(18)11-8-20-14(16-11)17(2)10-6-4-5-9(7-10)12(15)21/h4-8H,3H2,1-2H3,(H2,15,21). The van der Waals surface area contributed by atoms with E-state index in [1.165, 1.54) is 6.26 Å². The van der Waals surface area contributed by atoms with Crippen LogP contribution in [-0.4, -0.2) is 29.6 Å². The molecule has 21 heavy (non-hydrogen) atoms. The van der Waals surface area contributed by atoms with Crippen LogP contribution in [0.25, 0.3) is 0 Å². The molecule has 0 fully saturated rings. The molecule has 1 aromatic carbocycles. The van der Waals surface area contributed by atoms with E-state index in [2.05, 4.69) is 4.98 Å². The van der Waals surface area contributed by atoms with Crippen molar-refractivity contribution >= 4 is 34.9 Å². The third-order valence-corrected chi connectivity index (χ3v) is 3.02. The molecule has 2 N–H and O–H groups in total. The van der Waals surface area contributed by atoms with Crippen LogP contribution in [0.3, 0.4) is 0 Å². The molecule has 110 valence electrons. The molecule has 0 saturated carbocycles. The molecule has 2 rings (SSSR count). The van der Waals surface area contributed by atoms with Gasteiger partial charge in [-0.1, -0.05) is 24.4 Å². The zero-order valence-corrected chi connectivity index (χ0v) is 12.5. The molecule has 0 aliphatic carbocycles. The third-order valence-electron chi connectivity index (χ3n) is 2.78. The van der Waals surface area contributed by atoms with Crippen LogP contribution in [0, 0.1) is 0 Å². The van der Waals surface area contributed by atoms with Crippen molar-refractivity contribution in [3.05, 3.63) is 41.8 Å². The van der Waals surface area contributed by atoms with Crippen molar-refractivity contribution in [2.75, 3.05) is 18.6 Å². The summed E-state index contributed by atoms with van der Waals surface area (Å²) in [7, 11) is 1.76. The predicted molar refractivity (Wildman–Crippen MR) is 82.9 cm³/mol. The minimum atomic E-state index is -0.516. The second-order valence-corrected chi connectivity index (χ2v) is 4.65. The van der Waals surface area contributed by atoms with Gasteiger partial charge in [0.1, 0.15) is 11.3 Å². The van der Waals surface area contributed by atoms with Gasteiger partial charge in [-0.3, -0.25) is 4.90 Å². The number of thiocarbonyl (C=S) groups is 1. The minimum Gasteiger partial charge on any atom is -0.461 e. The maximum Gasteiger partial charge on any atom is 0.360 e. The molecule has 0 unspecified atom stereocenters. The molecule has 2 aromatic rings. The number of anilines is 2. The van der Waals surface area contributed by atoms with Crippen molar-refractivity contribution in [2.24, 2.45) is 5.73 Å². The fourth-order valence-corrected chi connectivity index (χ4v) is 1.82. The molecule has 0 saturated heterocycles. The topological polar surface area (TPSA) is 81.6 Å². The Bertz CT molecular complexity index is 669. The van der Waals surface area contributed by atoms with E-state index in [4.69, 9.17) is 27.1 Å². The Morgan fingerprint density at radius 3 is 2.95 bits per heavy atom. The van der Waals surface area contributed by atoms with E-state index in [0.717, 1.165) is 11.3 Å². The number of benzene rings is 1. The molecule has 0 aliphatic rings. The summed E-state index contributed by atoms with van der Waals surface area (Å²) in [6, 6.07) is 7.60. The highest BCUT2D eigenvalue weighted by Gasteiger charge is 2.16. The van der Waals surface area contributed by atoms with Crippen LogP contribution in [0.5, 0.6) is 0 Å². The highest BCUT2D eigenvalue weighted by atomic mass is 32.1. The zero-order chi connectivity index (χ0) is 15.4. The van der Waals surface area contributed by atoms with E-state index in [9.17, 15) is 4.79 Å². The van der Waals surface area contributed by atoms with Gasteiger partial charge in [-0.05, 0) is 19.1 Å². The van der Waals surface area contributed by atoms with Gasteiger partial charge in [0.15, 0.2) is 5.69 Å². The number of esters is 1. The van der Waals surface area contributed by atoms with E-state index >= 15 is 0 Å². The number of carbonyl (C=O) groups is 1. The Labute approximate surface area is 127 Å². The summed E-state index contributed by atoms with van der Waals surface area (Å²) < 4.78 is 10.2. The van der Waals surface area contributed by atoms with E-state index < -0.39 is 5.97 Å². The number of ether oxygens (including phenoxy) is 1. The first-order chi connectivity index (χ1) is 10.0. The fourth-order valence-electron chi connectivity index (χ4n) is 1.70. The van der Waals surface area contributed by atoms with Crippen molar-refractivity contribution in [3.63, 3.8) is 0 Å². The van der Waals surface area contributed by atoms with Crippen LogP contribution in [0.2, 0.25) is 0 Å². The monoisotopic (exact) mass is 305 g/mol. The number of nitrogens with two attached hydrogens (primary N) is 1. The molecule has 0 aliphatic heterocycles. The molecule has 7 heteroatoms. The van der Waals surface area contributed by atoms with Crippen molar-refractivity contribution in [1.82, 2.24) is 4.98 Å². The summed E-state index contributed by atoms with van der Waals surface area (Å²) in [6.45, 7) is 2.01. The van der Waals surface area contributed by atoms with Crippen LogP contribution < -0.4 is 10.6 Å². The second-order valence-electron chi connectivity index (χ2n) is 4.21. The number of oxazole rings is 1. The number of aromatic nitrogens is 1. The average molecular weight is 305 g/mol. The lowest BCUT2D eigenvalue weighted by Gasteiger charge is -2.15. The number of hydrogen-bond donors (Lipinski definition) is 1. The molecule has 0 bridgehead atoms. The first kappa shape index (κ1) is 15.0. The van der Waals surface area contributed by atoms with E-state index in [1.807, 2.05) is 24.3 Å². The first-order valence-electron chi connectivity index (χ1n) is 6.29. The van der Waals surface area contributed by atoms with Crippen LogP contribution in [0.15, 0.2) is 34.9 Å². The van der Waals surface area contributed by atoms with Gasteiger partial charge in [0, 0.05) is 18.3 Å². The van der Waals surface area contributed by atoms with Gasteiger partial charge < -0.3 is 14.9 Å². The zero-order valence-electron chi connectivity index (χ0n) is 11.7. The summed E-state index contributed by atoms with van der Waals surface area (Å²) in [6.07, 6.45) is 1.27. The predicted octanol–water partition coefficient (Wildman–Crippen LogP) is 2.25. The highest BCUT2D eigenvalue weighted by Crippen LogP contribution is 2.23. The lowest BCUT2D eigenvalue weighted by molar-refractivity contribution is 0.0519. The minimum absolute atomic E-state index is 0.129. The van der Waals surface area contributed by atoms with E-state index in [1.54, 1.807) is 18.9 Å². The maximum atomic E-state index is 11.6. The lowest BCUT2D eigenvalue weighted by Crippen LogP contribution is -2.13. The van der Waals surface area contributed by atoms with Crippen molar-refractivity contribution in [2.45, 2.75) is 6.92 Å². The number of rotatable bonds is 5. The van der Waals surface area contributed by atoms with Gasteiger partial charge >= 0.3 is 12.0 Å². The Morgan fingerprint density at radius 1 is 1.52 bits per heavy atom. The van der Waals surface area contributed by atoms with Gasteiger partial charge in [-0.15, -0.1) is 0 Å². The van der Waals surface area contributed by atoms with Crippen molar-refractivity contribution < 1.29 is 13.9 Å². The fraction of sp³-hybridized carbons (Fsp3) is 0.214. The molecule has 0 amide bonds. The molecule has 1 heterocycles.